The van der Waals surface area contributed by atoms with E-state index in [1.165, 1.54) is 6.07 Å². The first kappa shape index (κ1) is 11.1. The molecule has 6 nitrogen and oxygen atoms in total. The number of carboxylic acids is 1. The minimum Gasteiger partial charge on any atom is -0.477 e. The summed E-state index contributed by atoms with van der Waals surface area (Å²) >= 11 is 0. The summed E-state index contributed by atoms with van der Waals surface area (Å²) in [5.41, 5.74) is 0.364. The predicted molar refractivity (Wildman–Crippen MR) is 52.6 cm³/mol. The van der Waals surface area contributed by atoms with Crippen molar-refractivity contribution in [3.05, 3.63) is 17.5 Å². The van der Waals surface area contributed by atoms with Crippen molar-refractivity contribution in [1.29, 1.82) is 0 Å². The lowest BCUT2D eigenvalue weighted by atomic mass is 10.3. The molecule has 0 fully saturated rings. The van der Waals surface area contributed by atoms with Gasteiger partial charge >= 0.3 is 5.97 Å². The first-order valence-electron chi connectivity index (χ1n) is 4.41. The number of hydrogen-bond donors (Lipinski definition) is 2. The van der Waals surface area contributed by atoms with E-state index >= 15 is 0 Å². The quantitative estimate of drug-likeness (QED) is 0.769. The third-order valence-electron chi connectivity index (χ3n) is 1.65. The fourth-order valence-electron chi connectivity index (χ4n) is 0.947. The van der Waals surface area contributed by atoms with Gasteiger partial charge in [0.15, 0.2) is 5.69 Å². The van der Waals surface area contributed by atoms with Crippen molar-refractivity contribution in [3.8, 4) is 0 Å². The lowest BCUT2D eigenvalue weighted by Gasteiger charge is -2.03. The Labute approximate surface area is 86.4 Å². The van der Waals surface area contributed by atoms with Crippen LogP contribution in [0.2, 0.25) is 0 Å². The molecule has 1 aromatic heterocycles. The monoisotopic (exact) mass is 209 g/mol. The average Bonchev–Trinajstić information content (AvgIpc) is 2.16. The van der Waals surface area contributed by atoms with Gasteiger partial charge in [0.1, 0.15) is 0 Å². The standard InChI is InChI=1S/C9H11N3O3/c1-3-7(13)12-9-10-5(2)4-6(11-9)8(14)15/h4H,3H2,1-2H3,(H,14,15)(H,10,11,12,13). The van der Waals surface area contributed by atoms with Crippen LogP contribution in [0, 0.1) is 6.92 Å². The Kier molecular flexibility index (Phi) is 3.33. The van der Waals surface area contributed by atoms with E-state index in [9.17, 15) is 9.59 Å². The second kappa shape index (κ2) is 4.50. The second-order valence-electron chi connectivity index (χ2n) is 2.93. The van der Waals surface area contributed by atoms with Gasteiger partial charge in [-0.3, -0.25) is 10.1 Å². The molecule has 0 aliphatic carbocycles. The highest BCUT2D eigenvalue weighted by molar-refractivity contribution is 5.90. The maximum Gasteiger partial charge on any atom is 0.354 e. The average molecular weight is 209 g/mol. The third kappa shape index (κ3) is 3.01. The van der Waals surface area contributed by atoms with Gasteiger partial charge in [-0.2, -0.15) is 0 Å². The molecule has 0 aromatic carbocycles. The van der Waals surface area contributed by atoms with Crippen LogP contribution >= 0.6 is 0 Å². The summed E-state index contributed by atoms with van der Waals surface area (Å²) < 4.78 is 0. The molecule has 0 unspecified atom stereocenters. The van der Waals surface area contributed by atoms with Crippen LogP contribution in [0.3, 0.4) is 0 Å². The molecule has 15 heavy (non-hydrogen) atoms. The van der Waals surface area contributed by atoms with E-state index in [4.69, 9.17) is 5.11 Å². The third-order valence-corrected chi connectivity index (χ3v) is 1.65. The first-order valence-corrected chi connectivity index (χ1v) is 4.41. The Morgan fingerprint density at radius 3 is 2.67 bits per heavy atom. The Morgan fingerprint density at radius 1 is 1.47 bits per heavy atom. The molecule has 1 heterocycles. The van der Waals surface area contributed by atoms with E-state index in [0.717, 1.165) is 0 Å². The summed E-state index contributed by atoms with van der Waals surface area (Å²) in [6.45, 7) is 3.32. The van der Waals surface area contributed by atoms with E-state index in [2.05, 4.69) is 15.3 Å². The fraction of sp³-hybridized carbons (Fsp3) is 0.333. The minimum absolute atomic E-state index is 0.0271. The van der Waals surface area contributed by atoms with Crippen LogP contribution in [0.15, 0.2) is 6.07 Å². The molecule has 1 rings (SSSR count). The zero-order valence-corrected chi connectivity index (χ0v) is 8.44. The molecule has 6 heteroatoms. The van der Waals surface area contributed by atoms with E-state index in [-0.39, 0.29) is 17.5 Å². The van der Waals surface area contributed by atoms with Gasteiger partial charge in [0.25, 0.3) is 0 Å². The highest BCUT2D eigenvalue weighted by atomic mass is 16.4. The number of nitrogens with zero attached hydrogens (tertiary/aromatic N) is 2. The van der Waals surface area contributed by atoms with E-state index in [0.29, 0.717) is 12.1 Å². The van der Waals surface area contributed by atoms with E-state index in [1.54, 1.807) is 13.8 Å². The number of carbonyl (C=O) groups is 2. The van der Waals surface area contributed by atoms with Gasteiger partial charge in [-0.05, 0) is 13.0 Å². The van der Waals surface area contributed by atoms with Gasteiger partial charge < -0.3 is 5.11 Å². The van der Waals surface area contributed by atoms with Crippen LogP contribution < -0.4 is 5.32 Å². The summed E-state index contributed by atoms with van der Waals surface area (Å²) in [5, 5.41) is 11.1. The van der Waals surface area contributed by atoms with Crippen LogP contribution in [-0.4, -0.2) is 27.0 Å². The van der Waals surface area contributed by atoms with E-state index in [1.807, 2.05) is 0 Å². The highest BCUT2D eigenvalue weighted by Gasteiger charge is 2.09. The summed E-state index contributed by atoms with van der Waals surface area (Å²) in [7, 11) is 0. The predicted octanol–water partition coefficient (Wildman–Crippen LogP) is 0.832. The zero-order valence-electron chi connectivity index (χ0n) is 8.44. The number of aryl methyl sites for hydroxylation is 1. The highest BCUT2D eigenvalue weighted by Crippen LogP contribution is 2.05. The number of rotatable bonds is 3. The van der Waals surface area contributed by atoms with Crippen LogP contribution in [0.25, 0.3) is 0 Å². The molecule has 80 valence electrons. The van der Waals surface area contributed by atoms with E-state index < -0.39 is 5.97 Å². The number of aromatic carboxylic acids is 1. The summed E-state index contributed by atoms with van der Waals surface area (Å²) in [6, 6.07) is 1.34. The van der Waals surface area contributed by atoms with Gasteiger partial charge in [-0.25, -0.2) is 14.8 Å². The Balaban J connectivity index is 2.98. The number of hydrogen-bond acceptors (Lipinski definition) is 4. The first-order chi connectivity index (χ1) is 7.02. The van der Waals surface area contributed by atoms with Crippen molar-refractivity contribution in [2.45, 2.75) is 20.3 Å². The number of aromatic nitrogens is 2. The zero-order chi connectivity index (χ0) is 11.4. The van der Waals surface area contributed by atoms with Crippen molar-refractivity contribution in [2.24, 2.45) is 0 Å². The van der Waals surface area contributed by atoms with Gasteiger partial charge in [0.05, 0.1) is 0 Å². The molecule has 0 spiro atoms. The fourth-order valence-corrected chi connectivity index (χ4v) is 0.947. The van der Waals surface area contributed by atoms with Crippen molar-refractivity contribution < 1.29 is 14.7 Å². The van der Waals surface area contributed by atoms with Crippen LogP contribution in [0.1, 0.15) is 29.5 Å². The maximum absolute atomic E-state index is 11.0. The minimum atomic E-state index is -1.15. The molecular formula is C9H11N3O3. The molecule has 0 aliphatic rings. The Hall–Kier alpha value is -1.98. The van der Waals surface area contributed by atoms with Crippen LogP contribution in [0.4, 0.5) is 5.95 Å². The Morgan fingerprint density at radius 2 is 2.13 bits per heavy atom. The molecule has 0 radical (unpaired) electrons. The van der Waals surface area contributed by atoms with Gasteiger partial charge in [0, 0.05) is 12.1 Å². The maximum atomic E-state index is 11.0. The molecule has 0 aliphatic heterocycles. The largest absolute Gasteiger partial charge is 0.477 e. The molecular weight excluding hydrogens is 198 g/mol. The lowest BCUT2D eigenvalue weighted by Crippen LogP contribution is -2.14. The molecule has 0 saturated carbocycles. The van der Waals surface area contributed by atoms with Crippen molar-refractivity contribution in [1.82, 2.24) is 9.97 Å². The molecule has 0 bridgehead atoms. The normalized spacial score (nSPS) is 9.73. The Bertz CT molecular complexity index is 404. The summed E-state index contributed by atoms with van der Waals surface area (Å²) in [5.74, 6) is -1.37. The summed E-state index contributed by atoms with van der Waals surface area (Å²) in [4.78, 5) is 29.3. The van der Waals surface area contributed by atoms with Crippen LogP contribution in [0.5, 0.6) is 0 Å². The number of anilines is 1. The molecule has 0 atom stereocenters. The number of amides is 1. The number of carbonyl (C=O) groups excluding carboxylic acids is 1. The topological polar surface area (TPSA) is 92.2 Å². The number of nitrogens with one attached hydrogen (secondary N) is 1. The SMILES string of the molecule is CCC(=O)Nc1nc(C)cc(C(=O)O)n1. The lowest BCUT2D eigenvalue weighted by molar-refractivity contribution is -0.115. The second-order valence-corrected chi connectivity index (χ2v) is 2.93. The van der Waals surface area contributed by atoms with Gasteiger partial charge in [0.2, 0.25) is 11.9 Å². The van der Waals surface area contributed by atoms with Crippen molar-refractivity contribution >= 4 is 17.8 Å². The molecule has 1 amide bonds. The van der Waals surface area contributed by atoms with Crippen LogP contribution in [-0.2, 0) is 4.79 Å². The van der Waals surface area contributed by atoms with Crippen molar-refractivity contribution in [2.75, 3.05) is 5.32 Å². The molecule has 1 aromatic rings. The summed E-state index contributed by atoms with van der Waals surface area (Å²) in [6.07, 6.45) is 0.291. The van der Waals surface area contributed by atoms with Gasteiger partial charge in [-0.1, -0.05) is 6.92 Å². The number of carboxylic acid groups (broad SMARTS) is 1. The molecule has 2 N–H and O–H groups in total. The molecule has 0 saturated heterocycles. The van der Waals surface area contributed by atoms with Crippen molar-refractivity contribution in [3.63, 3.8) is 0 Å². The van der Waals surface area contributed by atoms with Gasteiger partial charge in [-0.15, -0.1) is 0 Å². The smallest absolute Gasteiger partial charge is 0.354 e.